The maximum absolute atomic E-state index is 13.8. The SMILES string of the molecule is Nc1cc(C(F)F)c(-c2nc(N3CCOCC3)nc3c2CC2COCCN32)cn1. The van der Waals surface area contributed by atoms with Crippen LogP contribution < -0.4 is 15.5 Å². The summed E-state index contributed by atoms with van der Waals surface area (Å²) in [5.74, 6) is 1.40. The van der Waals surface area contributed by atoms with Gasteiger partial charge < -0.3 is 25.0 Å². The van der Waals surface area contributed by atoms with Crippen LogP contribution >= 0.6 is 0 Å². The van der Waals surface area contributed by atoms with Gasteiger partial charge in [0.15, 0.2) is 0 Å². The molecule has 29 heavy (non-hydrogen) atoms. The minimum absolute atomic E-state index is 0.0639. The van der Waals surface area contributed by atoms with Crippen molar-refractivity contribution in [2.45, 2.75) is 18.9 Å². The smallest absolute Gasteiger partial charge is 0.264 e. The van der Waals surface area contributed by atoms with Crippen LogP contribution in [0.25, 0.3) is 11.3 Å². The van der Waals surface area contributed by atoms with Gasteiger partial charge in [-0.1, -0.05) is 0 Å². The summed E-state index contributed by atoms with van der Waals surface area (Å²) in [5, 5.41) is 0. The molecule has 3 aliphatic heterocycles. The molecule has 8 nitrogen and oxygen atoms in total. The van der Waals surface area contributed by atoms with E-state index in [1.165, 1.54) is 12.3 Å². The Morgan fingerprint density at radius 2 is 1.90 bits per heavy atom. The molecule has 2 saturated heterocycles. The molecule has 2 N–H and O–H groups in total. The first kappa shape index (κ1) is 18.4. The summed E-state index contributed by atoms with van der Waals surface area (Å²) in [6.07, 6.45) is -0.627. The number of fused-ring (bicyclic) bond motifs is 3. The van der Waals surface area contributed by atoms with E-state index in [1.807, 2.05) is 4.90 Å². The summed E-state index contributed by atoms with van der Waals surface area (Å²) in [5.41, 5.74) is 7.20. The molecular weight excluding hydrogens is 382 g/mol. The summed E-state index contributed by atoms with van der Waals surface area (Å²) in [4.78, 5) is 17.9. The standard InChI is InChI=1S/C19H22F2N6O2/c20-17(21)12-8-15(22)23-9-14(12)16-13-7-11-10-29-6-3-27(11)18(13)25-19(24-16)26-1-4-28-5-2-26/h8-9,11,17H,1-7,10H2,(H2,22,23). The molecule has 1 unspecified atom stereocenters. The number of pyridine rings is 1. The van der Waals surface area contributed by atoms with Gasteiger partial charge in [-0.05, 0) is 6.07 Å². The average Bonchev–Trinajstić information content (AvgIpc) is 3.12. The van der Waals surface area contributed by atoms with Gasteiger partial charge in [0.25, 0.3) is 6.43 Å². The third kappa shape index (κ3) is 3.25. The largest absolute Gasteiger partial charge is 0.384 e. The number of aromatic nitrogens is 3. The van der Waals surface area contributed by atoms with Crippen molar-refractivity contribution in [2.24, 2.45) is 0 Å². The van der Waals surface area contributed by atoms with Crippen LogP contribution in [-0.2, 0) is 15.9 Å². The van der Waals surface area contributed by atoms with E-state index in [1.54, 1.807) is 0 Å². The zero-order valence-electron chi connectivity index (χ0n) is 15.9. The highest BCUT2D eigenvalue weighted by Crippen LogP contribution is 2.41. The first-order valence-corrected chi connectivity index (χ1v) is 9.73. The van der Waals surface area contributed by atoms with Crippen LogP contribution in [0.2, 0.25) is 0 Å². The lowest BCUT2D eigenvalue weighted by atomic mass is 10.0. The van der Waals surface area contributed by atoms with Crippen molar-refractivity contribution in [3.8, 4) is 11.3 Å². The fourth-order valence-corrected chi connectivity index (χ4v) is 4.22. The highest BCUT2D eigenvalue weighted by atomic mass is 19.3. The Balaban J connectivity index is 1.68. The van der Waals surface area contributed by atoms with Gasteiger partial charge in [0.2, 0.25) is 5.95 Å². The van der Waals surface area contributed by atoms with Crippen LogP contribution in [0.15, 0.2) is 12.3 Å². The third-order valence-electron chi connectivity index (χ3n) is 5.65. The number of anilines is 3. The Bertz CT molecular complexity index is 922. The molecular formula is C19H22F2N6O2. The molecule has 0 aromatic carbocycles. The fourth-order valence-electron chi connectivity index (χ4n) is 4.22. The van der Waals surface area contributed by atoms with Gasteiger partial charge >= 0.3 is 0 Å². The Morgan fingerprint density at radius 3 is 2.69 bits per heavy atom. The Labute approximate surface area is 166 Å². The first-order chi connectivity index (χ1) is 14.1. The van der Waals surface area contributed by atoms with Crippen LogP contribution in [-0.4, -0.2) is 67.1 Å². The van der Waals surface area contributed by atoms with Crippen LogP contribution in [0, 0.1) is 0 Å². The van der Waals surface area contributed by atoms with Crippen molar-refractivity contribution >= 4 is 17.6 Å². The Morgan fingerprint density at radius 1 is 1.10 bits per heavy atom. The first-order valence-electron chi connectivity index (χ1n) is 9.73. The van der Waals surface area contributed by atoms with E-state index < -0.39 is 6.43 Å². The van der Waals surface area contributed by atoms with E-state index in [0.29, 0.717) is 63.1 Å². The predicted molar refractivity (Wildman–Crippen MR) is 103 cm³/mol. The third-order valence-corrected chi connectivity index (χ3v) is 5.65. The molecule has 154 valence electrons. The molecule has 0 amide bonds. The van der Waals surface area contributed by atoms with E-state index in [-0.39, 0.29) is 17.4 Å². The topological polar surface area (TPSA) is 89.6 Å². The van der Waals surface area contributed by atoms with Crippen molar-refractivity contribution in [1.29, 1.82) is 0 Å². The number of hydrogen-bond donors (Lipinski definition) is 1. The normalized spacial score (nSPS) is 21.4. The summed E-state index contributed by atoms with van der Waals surface area (Å²) in [6.45, 7) is 4.42. The molecule has 3 aliphatic rings. The van der Waals surface area contributed by atoms with Crippen LogP contribution in [0.4, 0.5) is 26.4 Å². The maximum Gasteiger partial charge on any atom is 0.264 e. The zero-order valence-corrected chi connectivity index (χ0v) is 15.9. The summed E-state index contributed by atoms with van der Waals surface area (Å²) in [6, 6.07) is 1.37. The lowest BCUT2D eigenvalue weighted by Crippen LogP contribution is -2.43. The van der Waals surface area contributed by atoms with Crippen molar-refractivity contribution in [1.82, 2.24) is 15.0 Å². The lowest BCUT2D eigenvalue weighted by molar-refractivity contribution is 0.0974. The van der Waals surface area contributed by atoms with E-state index in [0.717, 1.165) is 17.9 Å². The van der Waals surface area contributed by atoms with Crippen LogP contribution in [0.1, 0.15) is 17.6 Å². The highest BCUT2D eigenvalue weighted by Gasteiger charge is 2.37. The number of nitrogen functional groups attached to an aromatic ring is 1. The van der Waals surface area contributed by atoms with Crippen molar-refractivity contribution in [3.63, 3.8) is 0 Å². The number of hydrogen-bond acceptors (Lipinski definition) is 8. The minimum atomic E-state index is -2.68. The van der Waals surface area contributed by atoms with E-state index in [9.17, 15) is 8.78 Å². The maximum atomic E-state index is 13.8. The van der Waals surface area contributed by atoms with E-state index in [4.69, 9.17) is 25.2 Å². The van der Waals surface area contributed by atoms with Gasteiger partial charge in [0, 0.05) is 48.9 Å². The van der Waals surface area contributed by atoms with Gasteiger partial charge in [-0.3, -0.25) is 0 Å². The van der Waals surface area contributed by atoms with E-state index in [2.05, 4.69) is 9.88 Å². The molecule has 0 bridgehead atoms. The Kier molecular flexibility index (Phi) is 4.67. The summed E-state index contributed by atoms with van der Waals surface area (Å²) >= 11 is 0. The predicted octanol–water partition coefficient (Wildman–Crippen LogP) is 1.66. The van der Waals surface area contributed by atoms with Crippen molar-refractivity contribution < 1.29 is 18.3 Å². The number of halogens is 2. The molecule has 10 heteroatoms. The average molecular weight is 404 g/mol. The molecule has 5 heterocycles. The summed E-state index contributed by atoms with van der Waals surface area (Å²) in [7, 11) is 0. The molecule has 2 aromatic heterocycles. The highest BCUT2D eigenvalue weighted by molar-refractivity contribution is 5.76. The second kappa shape index (κ2) is 7.34. The summed E-state index contributed by atoms with van der Waals surface area (Å²) < 4.78 is 38.7. The van der Waals surface area contributed by atoms with Gasteiger partial charge in [-0.25, -0.2) is 18.7 Å². The molecule has 0 spiro atoms. The second-order valence-electron chi connectivity index (χ2n) is 7.40. The number of nitrogens with two attached hydrogens (primary N) is 1. The quantitative estimate of drug-likeness (QED) is 0.826. The molecule has 0 aliphatic carbocycles. The Hall–Kier alpha value is -2.59. The van der Waals surface area contributed by atoms with Crippen LogP contribution in [0.3, 0.4) is 0 Å². The van der Waals surface area contributed by atoms with Gasteiger partial charge in [0.05, 0.1) is 38.2 Å². The molecule has 5 rings (SSSR count). The van der Waals surface area contributed by atoms with Gasteiger partial charge in [0.1, 0.15) is 11.6 Å². The number of rotatable bonds is 3. The zero-order chi connectivity index (χ0) is 20.0. The van der Waals surface area contributed by atoms with Crippen molar-refractivity contribution in [2.75, 3.05) is 61.6 Å². The monoisotopic (exact) mass is 404 g/mol. The fraction of sp³-hybridized carbons (Fsp3) is 0.526. The molecule has 1 atom stereocenters. The van der Waals surface area contributed by atoms with Crippen LogP contribution in [0.5, 0.6) is 0 Å². The molecule has 2 fully saturated rings. The number of morpholine rings is 2. The van der Waals surface area contributed by atoms with Crippen molar-refractivity contribution in [3.05, 3.63) is 23.4 Å². The second-order valence-corrected chi connectivity index (χ2v) is 7.40. The number of alkyl halides is 2. The van der Waals surface area contributed by atoms with Gasteiger partial charge in [-0.2, -0.15) is 4.98 Å². The number of ether oxygens (including phenoxy) is 2. The molecule has 0 radical (unpaired) electrons. The van der Waals surface area contributed by atoms with Gasteiger partial charge in [-0.15, -0.1) is 0 Å². The molecule has 2 aromatic rings. The number of nitrogens with zero attached hydrogens (tertiary/aromatic N) is 5. The lowest BCUT2D eigenvalue weighted by Gasteiger charge is -2.32. The van der Waals surface area contributed by atoms with E-state index >= 15 is 0 Å². The minimum Gasteiger partial charge on any atom is -0.384 e. The molecule has 0 saturated carbocycles.